The van der Waals surface area contributed by atoms with Crippen molar-refractivity contribution in [3.8, 4) is 0 Å². The number of amides is 10. The lowest BCUT2D eigenvalue weighted by Gasteiger charge is -2.24. The molecule has 0 saturated carbocycles. The molecule has 0 aliphatic carbocycles. The number of unbranched alkanes of at least 4 members (excludes halogenated alkanes) is 3. The third-order valence-corrected chi connectivity index (χ3v) is 11.4. The first kappa shape index (κ1) is 50.4. The van der Waals surface area contributed by atoms with Gasteiger partial charge in [-0.05, 0) is 70.8 Å². The number of nitrogens with one attached hydrogen (secondary N) is 9. The molecule has 0 bridgehead atoms. The first-order valence-electron chi connectivity index (χ1n) is 20.4. The van der Waals surface area contributed by atoms with Gasteiger partial charge in [-0.25, -0.2) is 10.3 Å². The summed E-state index contributed by atoms with van der Waals surface area (Å²) in [5, 5.41) is 30.4. The zero-order valence-electron chi connectivity index (χ0n) is 34.3. The summed E-state index contributed by atoms with van der Waals surface area (Å²) < 4.78 is 0. The fourth-order valence-corrected chi connectivity index (χ4v) is 8.20. The molecule has 1 unspecified atom stereocenters. The van der Waals surface area contributed by atoms with Gasteiger partial charge in [0.1, 0.15) is 18.1 Å². The Hall–Kier alpha value is -4.70. The standard InChI is InChI=1S/C37H65N11O10S/c1-21(2)16-25(45-34(54)22(3)43-35(55)23(10-6-8-14-38)17-29(50)48-58)36(56)42-18-30(51)41-19-31(52)44-24(33(39)53)11-7-9-15-40-28(49)13-5-4-12-27-32-26(20-59-27)46-37(57)47-32/h21-27,32,58H,4-20,38H2,1-3H3,(H2,39,53)(H,40,49)(H,41,51)(H,42,56)(H,43,55)(H,44,52)(H,45,54)(H,48,50)(H2,46,47,57)/t22-,23?,24-,25-,26-,27-,32-/m0/s1. The van der Waals surface area contributed by atoms with Gasteiger partial charge in [0.05, 0.1) is 25.2 Å². The van der Waals surface area contributed by atoms with Crippen LogP contribution >= 0.6 is 11.8 Å². The Morgan fingerprint density at radius 3 is 2.15 bits per heavy atom. The molecule has 59 heavy (non-hydrogen) atoms. The van der Waals surface area contributed by atoms with Crippen molar-refractivity contribution in [1.82, 2.24) is 48.0 Å². The van der Waals surface area contributed by atoms with E-state index in [4.69, 9.17) is 16.7 Å². The second kappa shape index (κ2) is 27.1. The van der Waals surface area contributed by atoms with E-state index in [1.807, 2.05) is 25.6 Å². The smallest absolute Gasteiger partial charge is 0.315 e. The Balaban J connectivity index is 1.68. The number of primary amides is 1. The normalized spacial score (nSPS) is 18.8. The Labute approximate surface area is 349 Å². The second-order valence-electron chi connectivity index (χ2n) is 15.4. The maximum atomic E-state index is 13.0. The van der Waals surface area contributed by atoms with E-state index >= 15 is 0 Å². The number of nitrogens with two attached hydrogens (primary N) is 2. The van der Waals surface area contributed by atoms with Crippen molar-refractivity contribution < 1.29 is 48.4 Å². The molecule has 2 rings (SSSR count). The summed E-state index contributed by atoms with van der Waals surface area (Å²) in [6.07, 6.45) is 5.51. The van der Waals surface area contributed by atoms with Gasteiger partial charge in [-0.2, -0.15) is 11.8 Å². The van der Waals surface area contributed by atoms with Crippen LogP contribution in [0.25, 0.3) is 0 Å². The maximum absolute atomic E-state index is 13.0. The van der Waals surface area contributed by atoms with Crippen LogP contribution in [0.4, 0.5) is 4.79 Å². The molecule has 2 heterocycles. The molecule has 2 aliphatic heterocycles. The van der Waals surface area contributed by atoms with Gasteiger partial charge in [0.25, 0.3) is 0 Å². The van der Waals surface area contributed by atoms with E-state index in [2.05, 4.69) is 42.5 Å². The highest BCUT2D eigenvalue weighted by molar-refractivity contribution is 8.00. The van der Waals surface area contributed by atoms with Crippen LogP contribution in [0.15, 0.2) is 0 Å². The number of carbonyl (C=O) groups excluding carboxylic acids is 9. The molecule has 0 aromatic carbocycles. The minimum atomic E-state index is -1.09. The third kappa shape index (κ3) is 19.7. The first-order chi connectivity index (χ1) is 28.0. The van der Waals surface area contributed by atoms with Gasteiger partial charge in [0, 0.05) is 36.3 Å². The van der Waals surface area contributed by atoms with Gasteiger partial charge in [-0.1, -0.05) is 26.7 Å². The van der Waals surface area contributed by atoms with Crippen LogP contribution in [-0.4, -0.2) is 126 Å². The lowest BCUT2D eigenvalue weighted by Crippen LogP contribution is -2.55. The monoisotopic (exact) mass is 855 g/mol. The van der Waals surface area contributed by atoms with E-state index in [-0.39, 0.29) is 49.2 Å². The van der Waals surface area contributed by atoms with E-state index in [0.29, 0.717) is 56.9 Å². The molecule has 21 nitrogen and oxygen atoms in total. The van der Waals surface area contributed by atoms with Crippen molar-refractivity contribution in [2.45, 2.75) is 133 Å². The number of fused-ring (bicyclic) bond motifs is 1. The molecule has 2 saturated heterocycles. The van der Waals surface area contributed by atoms with E-state index < -0.39 is 78.5 Å². The largest absolute Gasteiger partial charge is 0.368 e. The predicted octanol–water partition coefficient (Wildman–Crippen LogP) is -2.12. The van der Waals surface area contributed by atoms with Gasteiger partial charge in [0.15, 0.2) is 0 Å². The molecular formula is C37H65N11O10S. The average Bonchev–Trinajstić information content (AvgIpc) is 3.74. The number of urea groups is 1. The summed E-state index contributed by atoms with van der Waals surface area (Å²) in [7, 11) is 0. The lowest BCUT2D eigenvalue weighted by molar-refractivity contribution is -0.136. The van der Waals surface area contributed by atoms with Crippen LogP contribution in [0, 0.1) is 11.8 Å². The van der Waals surface area contributed by atoms with Crippen molar-refractivity contribution in [3.05, 3.63) is 0 Å². The van der Waals surface area contributed by atoms with Crippen LogP contribution in [0.3, 0.4) is 0 Å². The molecular weight excluding hydrogens is 791 g/mol. The lowest BCUT2D eigenvalue weighted by atomic mass is 9.96. The van der Waals surface area contributed by atoms with Gasteiger partial charge in [0.2, 0.25) is 47.3 Å². The quantitative estimate of drug-likeness (QED) is 0.0166. The maximum Gasteiger partial charge on any atom is 0.315 e. The Kier molecular flexibility index (Phi) is 23.2. The highest BCUT2D eigenvalue weighted by atomic mass is 32.2. The van der Waals surface area contributed by atoms with Crippen LogP contribution in [0.2, 0.25) is 0 Å². The SMILES string of the molecule is CC(C)C[C@H](NC(=O)[C@H](C)NC(=O)C(CCCCN)CC(=O)NO)C(=O)NCC(=O)NCC(=O)N[C@@H](CCCCNC(=O)CCCC[C@@H]1SC[C@@H]2NC(=O)N[C@@H]21)C(N)=O. The number of hydrogen-bond acceptors (Lipinski definition) is 12. The Morgan fingerprint density at radius 1 is 0.763 bits per heavy atom. The van der Waals surface area contributed by atoms with Crippen molar-refractivity contribution in [1.29, 1.82) is 0 Å². The van der Waals surface area contributed by atoms with Crippen LogP contribution in [0.1, 0.15) is 97.8 Å². The summed E-state index contributed by atoms with van der Waals surface area (Å²) in [5.74, 6) is -4.92. The summed E-state index contributed by atoms with van der Waals surface area (Å²) in [6.45, 7) is 4.82. The highest BCUT2D eigenvalue weighted by Crippen LogP contribution is 2.33. The fourth-order valence-electron chi connectivity index (χ4n) is 6.65. The summed E-state index contributed by atoms with van der Waals surface area (Å²) in [5.41, 5.74) is 12.5. The van der Waals surface area contributed by atoms with E-state index in [9.17, 15) is 43.2 Å². The molecule has 7 atom stereocenters. The number of rotatable bonds is 29. The van der Waals surface area contributed by atoms with Gasteiger partial charge in [-0.15, -0.1) is 0 Å². The number of carbonyl (C=O) groups is 9. The zero-order valence-corrected chi connectivity index (χ0v) is 35.1. The minimum absolute atomic E-state index is 0.0535. The second-order valence-corrected chi connectivity index (χ2v) is 16.6. The zero-order chi connectivity index (χ0) is 43.9. The molecule has 2 aliphatic rings. The highest BCUT2D eigenvalue weighted by Gasteiger charge is 2.42. The minimum Gasteiger partial charge on any atom is -0.368 e. The summed E-state index contributed by atoms with van der Waals surface area (Å²) >= 11 is 1.84. The molecule has 10 amide bonds. The predicted molar refractivity (Wildman–Crippen MR) is 218 cm³/mol. The molecule has 0 radical (unpaired) electrons. The number of hydrogen-bond donors (Lipinski definition) is 12. The summed E-state index contributed by atoms with van der Waals surface area (Å²) in [6, 6.07) is -2.97. The van der Waals surface area contributed by atoms with E-state index in [1.165, 1.54) is 12.4 Å². The fraction of sp³-hybridized carbons (Fsp3) is 0.757. The van der Waals surface area contributed by atoms with Gasteiger partial charge in [-0.3, -0.25) is 43.6 Å². The van der Waals surface area contributed by atoms with Crippen LogP contribution in [0.5, 0.6) is 0 Å². The topological polar surface area (TPSA) is 334 Å². The summed E-state index contributed by atoms with van der Waals surface area (Å²) in [4.78, 5) is 111. The molecule has 14 N–H and O–H groups in total. The van der Waals surface area contributed by atoms with Crippen LogP contribution in [-0.2, 0) is 38.4 Å². The molecule has 0 aromatic heterocycles. The van der Waals surface area contributed by atoms with E-state index in [1.54, 1.807) is 0 Å². The molecule has 0 aromatic rings. The average molecular weight is 856 g/mol. The third-order valence-electron chi connectivity index (χ3n) is 9.90. The molecule has 2 fully saturated rings. The Bertz CT molecular complexity index is 1460. The van der Waals surface area contributed by atoms with E-state index in [0.717, 1.165) is 25.0 Å². The number of hydroxylamine groups is 1. The molecule has 22 heteroatoms. The van der Waals surface area contributed by atoms with Crippen molar-refractivity contribution >= 4 is 65.1 Å². The van der Waals surface area contributed by atoms with Crippen LogP contribution < -0.4 is 59.5 Å². The van der Waals surface area contributed by atoms with Gasteiger partial charge >= 0.3 is 6.03 Å². The Morgan fingerprint density at radius 2 is 1.47 bits per heavy atom. The van der Waals surface area contributed by atoms with Crippen molar-refractivity contribution in [2.75, 3.05) is 31.9 Å². The number of thioether (sulfide) groups is 1. The van der Waals surface area contributed by atoms with Crippen molar-refractivity contribution in [3.63, 3.8) is 0 Å². The van der Waals surface area contributed by atoms with Gasteiger partial charge < -0.3 is 54.0 Å². The molecule has 0 spiro atoms. The first-order valence-corrected chi connectivity index (χ1v) is 21.4. The van der Waals surface area contributed by atoms with Crippen molar-refractivity contribution in [2.24, 2.45) is 23.3 Å². The molecule has 334 valence electrons.